The highest BCUT2D eigenvalue weighted by atomic mass is 35.5. The predicted molar refractivity (Wildman–Crippen MR) is 105 cm³/mol. The largest absolute Gasteiger partial charge is 0.481 e. The van der Waals surface area contributed by atoms with E-state index in [1.54, 1.807) is 18.2 Å². The fourth-order valence-electron chi connectivity index (χ4n) is 2.32. The van der Waals surface area contributed by atoms with Crippen molar-refractivity contribution in [2.45, 2.75) is 39.5 Å². The van der Waals surface area contributed by atoms with E-state index in [1.807, 2.05) is 13.8 Å². The summed E-state index contributed by atoms with van der Waals surface area (Å²) in [6.45, 7) is 4.04. The highest BCUT2D eigenvalue weighted by Crippen LogP contribution is 2.34. The lowest BCUT2D eigenvalue weighted by molar-refractivity contribution is -0.142. The van der Waals surface area contributed by atoms with Gasteiger partial charge >= 0.3 is 5.97 Å². The van der Waals surface area contributed by atoms with Gasteiger partial charge in [-0.1, -0.05) is 62.0 Å². The van der Waals surface area contributed by atoms with Crippen LogP contribution >= 0.6 is 23.2 Å². The minimum absolute atomic E-state index is 0.0133. The smallest absolute Gasteiger partial charge is 0.306 e. The Bertz CT molecular complexity index is 737. The molecule has 7 nitrogen and oxygen atoms in total. The maximum atomic E-state index is 10.5. The van der Waals surface area contributed by atoms with Crippen molar-refractivity contribution in [1.29, 1.82) is 0 Å². The fraction of sp³-hybridized carbons (Fsp3) is 0.412. The molecule has 2 aromatic rings. The van der Waals surface area contributed by atoms with Crippen LogP contribution in [0, 0.1) is 5.92 Å². The summed E-state index contributed by atoms with van der Waals surface area (Å²) in [5, 5.41) is 16.9. The zero-order valence-corrected chi connectivity index (χ0v) is 16.3. The third kappa shape index (κ3) is 6.31. The van der Waals surface area contributed by atoms with E-state index in [0.29, 0.717) is 21.3 Å². The number of hydrogen-bond donors (Lipinski definition) is 3. The fourth-order valence-corrected chi connectivity index (χ4v) is 2.71. The number of halogens is 2. The molecule has 1 aromatic heterocycles. The summed E-state index contributed by atoms with van der Waals surface area (Å²) in [5.74, 6) is -0.560. The van der Waals surface area contributed by atoms with Crippen LogP contribution in [-0.4, -0.2) is 26.3 Å². The number of aliphatic carboxylic acids is 1. The summed E-state index contributed by atoms with van der Waals surface area (Å²) < 4.78 is 0. The lowest BCUT2D eigenvalue weighted by atomic mass is 9.99. The monoisotopic (exact) mass is 399 g/mol. The molecule has 142 valence electrons. The number of carboxylic acid groups (broad SMARTS) is 1. The van der Waals surface area contributed by atoms with Gasteiger partial charge in [0.25, 0.3) is 0 Å². The number of nitrogens with two attached hydrogens (primary N) is 2. The molecule has 0 saturated carbocycles. The van der Waals surface area contributed by atoms with Gasteiger partial charge in [-0.25, -0.2) is 0 Å². The van der Waals surface area contributed by atoms with Crippen LogP contribution < -0.4 is 11.5 Å². The van der Waals surface area contributed by atoms with Crippen LogP contribution in [0.15, 0.2) is 18.2 Å². The predicted octanol–water partition coefficient (Wildman–Crippen LogP) is 4.30. The molecule has 0 aliphatic carbocycles. The first-order valence-corrected chi connectivity index (χ1v) is 9.00. The minimum atomic E-state index is -0.635. The Balaban J connectivity index is 0.000000294. The third-order valence-electron chi connectivity index (χ3n) is 3.56. The number of nitrogens with zero attached hydrogens (tertiary/aromatic N) is 3. The van der Waals surface area contributed by atoms with Crippen LogP contribution in [0.1, 0.15) is 39.5 Å². The molecule has 0 saturated heterocycles. The molecule has 0 atom stereocenters. The van der Waals surface area contributed by atoms with Gasteiger partial charge in [-0.3, -0.25) is 4.79 Å². The number of carbonyl (C=O) groups is 1. The molecule has 0 aliphatic heterocycles. The average Bonchev–Trinajstić information content (AvgIpc) is 2.58. The van der Waals surface area contributed by atoms with Crippen LogP contribution in [0.25, 0.3) is 11.3 Å². The number of hydrogen-bond acceptors (Lipinski definition) is 6. The van der Waals surface area contributed by atoms with Crippen molar-refractivity contribution in [3.63, 3.8) is 0 Å². The molecule has 0 bridgehead atoms. The van der Waals surface area contributed by atoms with Gasteiger partial charge in [-0.05, 0) is 18.9 Å². The van der Waals surface area contributed by atoms with Gasteiger partial charge in [0.1, 0.15) is 5.69 Å². The van der Waals surface area contributed by atoms with Gasteiger partial charge in [0, 0.05) is 5.56 Å². The summed E-state index contributed by atoms with van der Waals surface area (Å²) >= 11 is 11.9. The van der Waals surface area contributed by atoms with E-state index in [2.05, 4.69) is 15.2 Å². The quantitative estimate of drug-likeness (QED) is 0.659. The van der Waals surface area contributed by atoms with Crippen LogP contribution in [-0.2, 0) is 4.79 Å². The first kappa shape index (κ1) is 21.9. The standard InChI is InChI=1S/C9H7Cl2N5.C8H16O2/c10-5-3-1-2-4(6(5)11)7-8(12)14-9(13)16-15-7;1-3-5-7(6-4-2)8(9)10/h1-3H,(H4,12,13,14,16);7H,3-6H2,1-2H3,(H,9,10). The van der Waals surface area contributed by atoms with Crippen molar-refractivity contribution in [1.82, 2.24) is 15.2 Å². The van der Waals surface area contributed by atoms with Crippen LogP contribution in [0.5, 0.6) is 0 Å². The average molecular weight is 400 g/mol. The Labute approximate surface area is 162 Å². The number of nitrogen functional groups attached to an aromatic ring is 2. The van der Waals surface area contributed by atoms with Crippen molar-refractivity contribution < 1.29 is 9.90 Å². The van der Waals surface area contributed by atoms with E-state index in [-0.39, 0.29) is 17.7 Å². The molecule has 26 heavy (non-hydrogen) atoms. The second-order valence-corrected chi connectivity index (χ2v) is 6.40. The Kier molecular flexibility index (Phi) is 9.09. The van der Waals surface area contributed by atoms with Gasteiger partial charge in [-0.2, -0.15) is 4.98 Å². The molecule has 0 amide bonds. The highest BCUT2D eigenvalue weighted by molar-refractivity contribution is 6.43. The van der Waals surface area contributed by atoms with E-state index in [1.165, 1.54) is 0 Å². The summed E-state index contributed by atoms with van der Waals surface area (Å²) in [6.07, 6.45) is 3.58. The van der Waals surface area contributed by atoms with Crippen LogP contribution in [0.4, 0.5) is 11.8 Å². The molecule has 0 spiro atoms. The molecule has 1 aromatic carbocycles. The van der Waals surface area contributed by atoms with Crippen LogP contribution in [0.2, 0.25) is 10.0 Å². The molecule has 0 unspecified atom stereocenters. The second-order valence-electron chi connectivity index (χ2n) is 5.62. The van der Waals surface area contributed by atoms with E-state index in [0.717, 1.165) is 25.7 Å². The van der Waals surface area contributed by atoms with Gasteiger partial charge in [-0.15, -0.1) is 10.2 Å². The number of benzene rings is 1. The van der Waals surface area contributed by atoms with E-state index >= 15 is 0 Å². The summed E-state index contributed by atoms with van der Waals surface area (Å²) in [4.78, 5) is 14.3. The Hall–Kier alpha value is -2.12. The lowest BCUT2D eigenvalue weighted by Gasteiger charge is -2.07. The number of rotatable bonds is 6. The Morgan fingerprint density at radius 3 is 2.27 bits per heavy atom. The molecular formula is C17H23Cl2N5O2. The molecule has 1 heterocycles. The topological polar surface area (TPSA) is 128 Å². The minimum Gasteiger partial charge on any atom is -0.481 e. The van der Waals surface area contributed by atoms with Gasteiger partial charge in [0.15, 0.2) is 5.82 Å². The molecule has 0 radical (unpaired) electrons. The van der Waals surface area contributed by atoms with E-state index in [9.17, 15) is 4.79 Å². The molecule has 0 fully saturated rings. The Morgan fingerprint density at radius 1 is 1.15 bits per heavy atom. The molecule has 5 N–H and O–H groups in total. The molecule has 0 aliphatic rings. The van der Waals surface area contributed by atoms with E-state index in [4.69, 9.17) is 39.8 Å². The zero-order chi connectivity index (χ0) is 19.7. The third-order valence-corrected chi connectivity index (χ3v) is 4.38. The number of carboxylic acids is 1. The van der Waals surface area contributed by atoms with Crippen molar-refractivity contribution in [3.8, 4) is 11.3 Å². The zero-order valence-electron chi connectivity index (χ0n) is 14.7. The van der Waals surface area contributed by atoms with Crippen molar-refractivity contribution >= 4 is 40.9 Å². The lowest BCUT2D eigenvalue weighted by Crippen LogP contribution is -2.12. The van der Waals surface area contributed by atoms with E-state index < -0.39 is 5.97 Å². The molecule has 2 rings (SSSR count). The first-order chi connectivity index (χ1) is 12.3. The summed E-state index contributed by atoms with van der Waals surface area (Å²) in [6, 6.07) is 5.13. The molecular weight excluding hydrogens is 377 g/mol. The normalized spacial score (nSPS) is 10.3. The molecule has 9 heteroatoms. The number of aromatic nitrogens is 3. The van der Waals surface area contributed by atoms with Crippen molar-refractivity contribution in [2.24, 2.45) is 5.92 Å². The van der Waals surface area contributed by atoms with Gasteiger partial charge in [0.2, 0.25) is 5.95 Å². The second kappa shape index (κ2) is 10.8. The van der Waals surface area contributed by atoms with Gasteiger partial charge < -0.3 is 16.6 Å². The highest BCUT2D eigenvalue weighted by Gasteiger charge is 2.14. The Morgan fingerprint density at radius 2 is 1.77 bits per heavy atom. The summed E-state index contributed by atoms with van der Waals surface area (Å²) in [7, 11) is 0. The maximum absolute atomic E-state index is 10.5. The van der Waals surface area contributed by atoms with Crippen molar-refractivity contribution in [3.05, 3.63) is 28.2 Å². The van der Waals surface area contributed by atoms with Crippen LogP contribution in [0.3, 0.4) is 0 Å². The first-order valence-electron chi connectivity index (χ1n) is 8.24. The summed E-state index contributed by atoms with van der Waals surface area (Å²) in [5.41, 5.74) is 12.0. The number of anilines is 2. The van der Waals surface area contributed by atoms with Crippen molar-refractivity contribution in [2.75, 3.05) is 11.5 Å². The van der Waals surface area contributed by atoms with Gasteiger partial charge in [0.05, 0.1) is 16.0 Å². The SMILES string of the molecule is CCCC(CCC)C(=O)O.Nc1nnc(-c2cccc(Cl)c2Cl)c(N)n1. The maximum Gasteiger partial charge on any atom is 0.306 e.